The van der Waals surface area contributed by atoms with E-state index < -0.39 is 0 Å². The maximum atomic E-state index is 5.66. The van der Waals surface area contributed by atoms with Crippen LogP contribution in [-0.4, -0.2) is 37.5 Å². The number of piperidine rings is 1. The predicted molar refractivity (Wildman–Crippen MR) is 87.6 cm³/mol. The highest BCUT2D eigenvalue weighted by molar-refractivity contribution is 5.85. The Balaban J connectivity index is 1.41. The fourth-order valence-electron chi connectivity index (χ4n) is 3.70. The summed E-state index contributed by atoms with van der Waals surface area (Å²) in [5.41, 5.74) is 1.44. The maximum Gasteiger partial charge on any atom is 0.160 e. The molecule has 0 saturated carbocycles. The first-order valence-electron chi connectivity index (χ1n) is 8.32. The van der Waals surface area contributed by atoms with Gasteiger partial charge in [-0.2, -0.15) is 0 Å². The van der Waals surface area contributed by atoms with Crippen LogP contribution in [0.4, 0.5) is 0 Å². The second kappa shape index (κ2) is 6.37. The van der Waals surface area contributed by atoms with Crippen molar-refractivity contribution in [1.82, 2.24) is 4.90 Å². The van der Waals surface area contributed by atoms with E-state index in [1.165, 1.54) is 29.2 Å². The van der Waals surface area contributed by atoms with Crippen molar-refractivity contribution in [2.24, 2.45) is 5.92 Å². The molecule has 0 unspecified atom stereocenters. The van der Waals surface area contributed by atoms with Crippen LogP contribution in [-0.2, 0) is 16.0 Å². The van der Waals surface area contributed by atoms with Crippen molar-refractivity contribution in [2.45, 2.75) is 25.7 Å². The Morgan fingerprint density at radius 3 is 2.45 bits per heavy atom. The van der Waals surface area contributed by atoms with Crippen molar-refractivity contribution in [3.63, 3.8) is 0 Å². The lowest BCUT2D eigenvalue weighted by Gasteiger charge is -2.34. The number of benzene rings is 2. The molecule has 3 nitrogen and oxygen atoms in total. The Bertz CT molecular complexity index is 623. The van der Waals surface area contributed by atoms with Crippen LogP contribution < -0.4 is 0 Å². The number of hydrogen-bond acceptors (Lipinski definition) is 3. The fourth-order valence-corrected chi connectivity index (χ4v) is 3.70. The number of ether oxygens (including phenoxy) is 2. The molecule has 0 spiro atoms. The quantitative estimate of drug-likeness (QED) is 0.866. The van der Waals surface area contributed by atoms with Crippen LogP contribution in [0.1, 0.15) is 18.4 Å². The van der Waals surface area contributed by atoms with E-state index in [1.54, 1.807) is 0 Å². The van der Waals surface area contributed by atoms with Crippen molar-refractivity contribution in [3.8, 4) is 0 Å². The van der Waals surface area contributed by atoms with Crippen LogP contribution in [0.15, 0.2) is 42.5 Å². The molecule has 22 heavy (non-hydrogen) atoms. The van der Waals surface area contributed by atoms with E-state index in [9.17, 15) is 0 Å². The van der Waals surface area contributed by atoms with Crippen molar-refractivity contribution in [1.29, 1.82) is 0 Å². The zero-order valence-corrected chi connectivity index (χ0v) is 12.9. The molecule has 2 aliphatic rings. The zero-order valence-electron chi connectivity index (χ0n) is 12.9. The topological polar surface area (TPSA) is 21.7 Å². The Morgan fingerprint density at radius 2 is 1.64 bits per heavy atom. The highest BCUT2D eigenvalue weighted by atomic mass is 16.7. The summed E-state index contributed by atoms with van der Waals surface area (Å²) in [5, 5.41) is 2.72. The second-order valence-electron chi connectivity index (χ2n) is 6.36. The zero-order chi connectivity index (χ0) is 14.8. The lowest BCUT2D eigenvalue weighted by Crippen LogP contribution is -2.37. The molecule has 2 fully saturated rings. The molecule has 2 aliphatic heterocycles. The summed E-state index contributed by atoms with van der Waals surface area (Å²) in [6.45, 7) is 4.84. The largest absolute Gasteiger partial charge is 0.350 e. The second-order valence-corrected chi connectivity index (χ2v) is 6.36. The summed E-state index contributed by atoms with van der Waals surface area (Å²) in [7, 11) is 0. The third-order valence-electron chi connectivity index (χ3n) is 4.94. The van der Waals surface area contributed by atoms with Gasteiger partial charge in [0.25, 0.3) is 0 Å². The SMILES string of the molecule is c1ccc2c(CN3CCC(C4OCCO4)CC3)cccc2c1. The number of fused-ring (bicyclic) bond motifs is 1. The van der Waals surface area contributed by atoms with Gasteiger partial charge in [0.1, 0.15) is 0 Å². The van der Waals surface area contributed by atoms with Crippen LogP contribution in [0, 0.1) is 5.92 Å². The van der Waals surface area contributed by atoms with Crippen LogP contribution in [0.2, 0.25) is 0 Å². The number of likely N-dealkylation sites (tertiary alicyclic amines) is 1. The van der Waals surface area contributed by atoms with Gasteiger partial charge in [0.05, 0.1) is 13.2 Å². The van der Waals surface area contributed by atoms with Gasteiger partial charge in [-0.15, -0.1) is 0 Å². The summed E-state index contributed by atoms with van der Waals surface area (Å²) >= 11 is 0. The molecule has 4 rings (SSSR count). The van der Waals surface area contributed by atoms with Gasteiger partial charge in [0, 0.05) is 12.5 Å². The lowest BCUT2D eigenvalue weighted by atomic mass is 9.95. The van der Waals surface area contributed by atoms with Crippen LogP contribution in [0.5, 0.6) is 0 Å². The Kier molecular flexibility index (Phi) is 4.11. The first-order chi connectivity index (χ1) is 10.9. The molecule has 0 N–H and O–H groups in total. The summed E-state index contributed by atoms with van der Waals surface area (Å²) in [6, 6.07) is 15.3. The van der Waals surface area contributed by atoms with Gasteiger partial charge in [-0.3, -0.25) is 4.90 Å². The number of rotatable bonds is 3. The van der Waals surface area contributed by atoms with Crippen LogP contribution >= 0.6 is 0 Å². The molecule has 0 radical (unpaired) electrons. The lowest BCUT2D eigenvalue weighted by molar-refractivity contribution is -0.0977. The van der Waals surface area contributed by atoms with E-state index in [1.807, 2.05) is 0 Å². The first kappa shape index (κ1) is 14.2. The van der Waals surface area contributed by atoms with Crippen molar-refractivity contribution >= 4 is 10.8 Å². The Hall–Kier alpha value is -1.42. The summed E-state index contributed by atoms with van der Waals surface area (Å²) in [5.74, 6) is 0.575. The van der Waals surface area contributed by atoms with Crippen molar-refractivity contribution in [2.75, 3.05) is 26.3 Å². The molecular weight excluding hydrogens is 274 g/mol. The fraction of sp³-hybridized carbons (Fsp3) is 0.474. The molecule has 0 aliphatic carbocycles. The van der Waals surface area contributed by atoms with Gasteiger partial charge in [-0.05, 0) is 42.3 Å². The molecule has 116 valence electrons. The average Bonchev–Trinajstić information content (AvgIpc) is 3.10. The summed E-state index contributed by atoms with van der Waals surface area (Å²) in [4.78, 5) is 2.56. The van der Waals surface area contributed by atoms with E-state index in [2.05, 4.69) is 47.4 Å². The minimum atomic E-state index is 0.0553. The normalized spacial score (nSPS) is 21.6. The average molecular weight is 297 g/mol. The van der Waals surface area contributed by atoms with E-state index in [0.717, 1.165) is 32.8 Å². The van der Waals surface area contributed by atoms with Gasteiger partial charge < -0.3 is 9.47 Å². The number of nitrogens with zero attached hydrogens (tertiary/aromatic N) is 1. The molecule has 0 aromatic heterocycles. The molecule has 0 amide bonds. The summed E-state index contributed by atoms with van der Waals surface area (Å²) in [6.07, 6.45) is 2.41. The van der Waals surface area contributed by atoms with E-state index in [0.29, 0.717) is 5.92 Å². The highest BCUT2D eigenvalue weighted by Crippen LogP contribution is 2.27. The van der Waals surface area contributed by atoms with Gasteiger partial charge in [-0.1, -0.05) is 42.5 Å². The van der Waals surface area contributed by atoms with E-state index >= 15 is 0 Å². The van der Waals surface area contributed by atoms with Crippen LogP contribution in [0.3, 0.4) is 0 Å². The minimum absolute atomic E-state index is 0.0553. The molecular formula is C19H23NO2. The van der Waals surface area contributed by atoms with E-state index in [4.69, 9.17) is 9.47 Å². The molecule has 2 heterocycles. The molecule has 0 atom stereocenters. The Labute approximate surface area is 131 Å². The van der Waals surface area contributed by atoms with Gasteiger partial charge in [0.15, 0.2) is 6.29 Å². The predicted octanol–water partition coefficient (Wildman–Crippen LogP) is 3.42. The third-order valence-corrected chi connectivity index (χ3v) is 4.94. The molecule has 0 bridgehead atoms. The molecule has 2 aromatic rings. The third kappa shape index (κ3) is 2.89. The van der Waals surface area contributed by atoms with Crippen LogP contribution in [0.25, 0.3) is 10.8 Å². The summed E-state index contributed by atoms with van der Waals surface area (Å²) < 4.78 is 11.3. The number of hydrogen-bond donors (Lipinski definition) is 0. The first-order valence-corrected chi connectivity index (χ1v) is 8.32. The van der Waals surface area contributed by atoms with Gasteiger partial charge in [-0.25, -0.2) is 0 Å². The minimum Gasteiger partial charge on any atom is -0.350 e. The van der Waals surface area contributed by atoms with Crippen molar-refractivity contribution in [3.05, 3.63) is 48.0 Å². The highest BCUT2D eigenvalue weighted by Gasteiger charge is 2.30. The van der Waals surface area contributed by atoms with E-state index in [-0.39, 0.29) is 6.29 Å². The monoisotopic (exact) mass is 297 g/mol. The molecule has 2 saturated heterocycles. The molecule has 2 aromatic carbocycles. The van der Waals surface area contributed by atoms with Crippen molar-refractivity contribution < 1.29 is 9.47 Å². The smallest absolute Gasteiger partial charge is 0.160 e. The maximum absolute atomic E-state index is 5.66. The molecule has 3 heteroatoms. The standard InChI is InChI=1S/C19H23NO2/c1-2-7-18-15(4-1)5-3-6-17(18)14-20-10-8-16(9-11-20)19-21-12-13-22-19/h1-7,16,19H,8-14H2. The van der Waals surface area contributed by atoms with Gasteiger partial charge >= 0.3 is 0 Å². The Morgan fingerprint density at radius 1 is 0.909 bits per heavy atom. The van der Waals surface area contributed by atoms with Gasteiger partial charge in [0.2, 0.25) is 0 Å².